The fraction of sp³-hybridized carbons (Fsp3) is 0.500. The number of nitrogens with zero attached hydrogens (tertiary/aromatic N) is 1. The Morgan fingerprint density at radius 2 is 2.10 bits per heavy atom. The van der Waals surface area contributed by atoms with Gasteiger partial charge >= 0.3 is 0 Å². The number of halogens is 2. The summed E-state index contributed by atoms with van der Waals surface area (Å²) < 4.78 is 18.2. The van der Waals surface area contributed by atoms with E-state index in [1.54, 1.807) is 4.90 Å². The Bertz CT molecular complexity index is 462. The van der Waals surface area contributed by atoms with E-state index in [0.717, 1.165) is 12.8 Å². The van der Waals surface area contributed by atoms with Crippen molar-refractivity contribution < 1.29 is 13.9 Å². The highest BCUT2D eigenvalue weighted by Crippen LogP contribution is 2.22. The van der Waals surface area contributed by atoms with Gasteiger partial charge in [-0.1, -0.05) is 0 Å². The van der Waals surface area contributed by atoms with Crippen LogP contribution in [0.25, 0.3) is 0 Å². The van der Waals surface area contributed by atoms with Crippen LogP contribution in [0, 0.1) is 11.7 Å². The fourth-order valence-corrected chi connectivity index (χ4v) is 2.35. The maximum Gasteiger partial charge on any atom is 0.253 e. The summed E-state index contributed by atoms with van der Waals surface area (Å²) in [5.41, 5.74) is 6.09. The molecule has 0 bridgehead atoms. The molecule has 0 unspecified atom stereocenters. The average Bonchev–Trinajstić information content (AvgIpc) is 2.47. The zero-order valence-electron chi connectivity index (χ0n) is 11.5. The molecule has 0 radical (unpaired) electrons. The van der Waals surface area contributed by atoms with Crippen molar-refractivity contribution >= 4 is 18.3 Å². The monoisotopic (exact) mass is 302 g/mol. The van der Waals surface area contributed by atoms with Crippen LogP contribution in [-0.2, 0) is 0 Å². The predicted molar refractivity (Wildman–Crippen MR) is 77.9 cm³/mol. The van der Waals surface area contributed by atoms with Gasteiger partial charge in [0.05, 0.1) is 7.11 Å². The van der Waals surface area contributed by atoms with E-state index in [-0.39, 0.29) is 24.1 Å². The van der Waals surface area contributed by atoms with Gasteiger partial charge in [0, 0.05) is 18.7 Å². The minimum absolute atomic E-state index is 0. The number of piperidine rings is 1. The molecule has 1 aromatic carbocycles. The molecule has 2 rings (SSSR count). The van der Waals surface area contributed by atoms with E-state index in [4.69, 9.17) is 10.5 Å². The molecule has 4 nitrogen and oxygen atoms in total. The van der Waals surface area contributed by atoms with E-state index in [1.165, 1.54) is 25.3 Å². The van der Waals surface area contributed by atoms with Gasteiger partial charge in [-0.2, -0.15) is 0 Å². The summed E-state index contributed by atoms with van der Waals surface area (Å²) in [5, 5.41) is 0. The molecule has 0 aliphatic carbocycles. The molecule has 112 valence electrons. The Kier molecular flexibility index (Phi) is 6.23. The van der Waals surface area contributed by atoms with Crippen LogP contribution < -0.4 is 10.5 Å². The Balaban J connectivity index is 0.00000200. The first kappa shape index (κ1) is 16.7. The number of likely N-dealkylation sites (tertiary alicyclic amines) is 1. The van der Waals surface area contributed by atoms with Crippen LogP contribution in [0.1, 0.15) is 23.2 Å². The van der Waals surface area contributed by atoms with Crippen molar-refractivity contribution in [3.05, 3.63) is 29.6 Å². The lowest BCUT2D eigenvalue weighted by Crippen LogP contribution is -2.40. The number of hydrogen-bond donors (Lipinski definition) is 1. The minimum atomic E-state index is -0.458. The highest BCUT2D eigenvalue weighted by Gasteiger charge is 2.23. The van der Waals surface area contributed by atoms with Gasteiger partial charge in [0.25, 0.3) is 5.91 Å². The number of nitrogens with two attached hydrogens (primary N) is 1. The number of rotatable bonds is 3. The molecular weight excluding hydrogens is 283 g/mol. The van der Waals surface area contributed by atoms with Crippen molar-refractivity contribution in [3.8, 4) is 5.75 Å². The van der Waals surface area contributed by atoms with Crippen LogP contribution in [0.2, 0.25) is 0 Å². The summed E-state index contributed by atoms with van der Waals surface area (Å²) in [6.45, 7) is 2.09. The van der Waals surface area contributed by atoms with Gasteiger partial charge in [0.1, 0.15) is 0 Å². The van der Waals surface area contributed by atoms with Crippen molar-refractivity contribution in [1.29, 1.82) is 0 Å². The summed E-state index contributed by atoms with van der Waals surface area (Å²) >= 11 is 0. The lowest BCUT2D eigenvalue weighted by Gasteiger charge is -2.31. The summed E-state index contributed by atoms with van der Waals surface area (Å²) in [7, 11) is 1.39. The Hall–Kier alpha value is -1.33. The lowest BCUT2D eigenvalue weighted by molar-refractivity contribution is 0.0693. The highest BCUT2D eigenvalue weighted by atomic mass is 35.5. The first-order chi connectivity index (χ1) is 9.15. The number of carbonyl (C=O) groups is 1. The molecule has 2 N–H and O–H groups in total. The van der Waals surface area contributed by atoms with Gasteiger partial charge in [-0.25, -0.2) is 4.39 Å². The Morgan fingerprint density at radius 1 is 1.45 bits per heavy atom. The van der Waals surface area contributed by atoms with E-state index in [0.29, 0.717) is 31.1 Å². The summed E-state index contributed by atoms with van der Waals surface area (Å²) in [4.78, 5) is 14.1. The van der Waals surface area contributed by atoms with E-state index in [1.807, 2.05) is 0 Å². The predicted octanol–water partition coefficient (Wildman–Crippen LogP) is 2.07. The van der Waals surface area contributed by atoms with E-state index in [2.05, 4.69) is 0 Å². The quantitative estimate of drug-likeness (QED) is 0.930. The molecule has 20 heavy (non-hydrogen) atoms. The second-order valence-corrected chi connectivity index (χ2v) is 4.82. The molecule has 1 heterocycles. The Labute approximate surface area is 124 Å². The van der Waals surface area contributed by atoms with Crippen molar-refractivity contribution in [1.82, 2.24) is 4.90 Å². The second-order valence-electron chi connectivity index (χ2n) is 4.82. The molecule has 0 saturated carbocycles. The maximum absolute atomic E-state index is 13.3. The van der Waals surface area contributed by atoms with E-state index < -0.39 is 5.82 Å². The SMILES string of the molecule is COc1cc(C(=O)N2CCC(CN)CC2)ccc1F.Cl. The molecule has 0 aromatic heterocycles. The summed E-state index contributed by atoms with van der Waals surface area (Å²) in [6, 6.07) is 4.21. The average molecular weight is 303 g/mol. The number of methoxy groups -OCH3 is 1. The van der Waals surface area contributed by atoms with Crippen LogP contribution >= 0.6 is 12.4 Å². The maximum atomic E-state index is 13.3. The van der Waals surface area contributed by atoms with Crippen LogP contribution in [0.15, 0.2) is 18.2 Å². The highest BCUT2D eigenvalue weighted by molar-refractivity contribution is 5.94. The lowest BCUT2D eigenvalue weighted by atomic mass is 9.96. The molecular formula is C14H20ClFN2O2. The van der Waals surface area contributed by atoms with Crippen LogP contribution in [0.4, 0.5) is 4.39 Å². The van der Waals surface area contributed by atoms with E-state index >= 15 is 0 Å². The molecule has 0 spiro atoms. The minimum Gasteiger partial charge on any atom is -0.494 e. The molecule has 1 amide bonds. The van der Waals surface area contributed by atoms with Crippen molar-refractivity contribution in [2.75, 3.05) is 26.7 Å². The number of amides is 1. The van der Waals surface area contributed by atoms with Crippen LogP contribution in [0.5, 0.6) is 5.75 Å². The first-order valence-corrected chi connectivity index (χ1v) is 6.48. The molecule has 6 heteroatoms. The van der Waals surface area contributed by atoms with Gasteiger partial charge in [-0.15, -0.1) is 12.4 Å². The molecule has 1 aliphatic rings. The third kappa shape index (κ3) is 3.61. The third-order valence-corrected chi connectivity index (χ3v) is 3.63. The number of carbonyl (C=O) groups excluding carboxylic acids is 1. The van der Waals surface area contributed by atoms with Crippen LogP contribution in [0.3, 0.4) is 0 Å². The zero-order valence-corrected chi connectivity index (χ0v) is 12.3. The van der Waals surface area contributed by atoms with E-state index in [9.17, 15) is 9.18 Å². The third-order valence-electron chi connectivity index (χ3n) is 3.63. The molecule has 1 saturated heterocycles. The smallest absolute Gasteiger partial charge is 0.253 e. The number of hydrogen-bond acceptors (Lipinski definition) is 3. The Morgan fingerprint density at radius 3 is 2.65 bits per heavy atom. The number of benzene rings is 1. The van der Waals surface area contributed by atoms with Gasteiger partial charge < -0.3 is 15.4 Å². The topological polar surface area (TPSA) is 55.6 Å². The van der Waals surface area contributed by atoms with Gasteiger partial charge in [-0.05, 0) is 43.5 Å². The second kappa shape index (κ2) is 7.45. The van der Waals surface area contributed by atoms with Gasteiger partial charge in [0.15, 0.2) is 11.6 Å². The van der Waals surface area contributed by atoms with Crippen molar-refractivity contribution in [3.63, 3.8) is 0 Å². The normalized spacial score (nSPS) is 15.7. The van der Waals surface area contributed by atoms with Gasteiger partial charge in [0.2, 0.25) is 0 Å². The molecule has 1 aromatic rings. The number of ether oxygens (including phenoxy) is 1. The standard InChI is InChI=1S/C14H19FN2O2.ClH/c1-19-13-8-11(2-3-12(13)15)14(18)17-6-4-10(9-16)5-7-17;/h2-3,8,10H,4-7,9,16H2,1H3;1H. The van der Waals surface area contributed by atoms with Gasteiger partial charge in [-0.3, -0.25) is 4.79 Å². The summed E-state index contributed by atoms with van der Waals surface area (Å²) in [6.07, 6.45) is 1.86. The van der Waals surface area contributed by atoms with Crippen molar-refractivity contribution in [2.45, 2.75) is 12.8 Å². The fourth-order valence-electron chi connectivity index (χ4n) is 2.35. The zero-order chi connectivity index (χ0) is 13.8. The van der Waals surface area contributed by atoms with Crippen LogP contribution in [-0.4, -0.2) is 37.6 Å². The molecule has 1 aliphatic heterocycles. The summed E-state index contributed by atoms with van der Waals surface area (Å²) in [5.74, 6) is 0.0733. The largest absolute Gasteiger partial charge is 0.494 e. The molecule has 1 fully saturated rings. The van der Waals surface area contributed by atoms with Crippen molar-refractivity contribution in [2.24, 2.45) is 11.7 Å². The molecule has 0 atom stereocenters. The first-order valence-electron chi connectivity index (χ1n) is 6.48.